The average Bonchev–Trinajstić information content (AvgIpc) is 2.43. The minimum absolute atomic E-state index is 0.0739. The summed E-state index contributed by atoms with van der Waals surface area (Å²) in [5.74, 6) is 0.654. The highest BCUT2D eigenvalue weighted by Crippen LogP contribution is 2.18. The maximum atomic E-state index is 12.1. The summed E-state index contributed by atoms with van der Waals surface area (Å²) in [7, 11) is 2.16. The van der Waals surface area contributed by atoms with Crippen molar-refractivity contribution in [2.45, 2.75) is 26.2 Å². The second kappa shape index (κ2) is 6.70. The number of likely N-dealkylation sites (tertiary alicyclic amines) is 1. The van der Waals surface area contributed by atoms with E-state index in [0.29, 0.717) is 11.3 Å². The van der Waals surface area contributed by atoms with Crippen molar-refractivity contribution in [3.63, 3.8) is 0 Å². The van der Waals surface area contributed by atoms with Crippen molar-refractivity contribution in [3.05, 3.63) is 23.5 Å². The van der Waals surface area contributed by atoms with E-state index in [1.807, 2.05) is 6.92 Å². The molecule has 2 heterocycles. The molecule has 0 aromatic carbocycles. The van der Waals surface area contributed by atoms with E-state index in [1.54, 1.807) is 12.3 Å². The molecule has 5 nitrogen and oxygen atoms in total. The van der Waals surface area contributed by atoms with Crippen LogP contribution in [0.5, 0.6) is 0 Å². The van der Waals surface area contributed by atoms with E-state index in [-0.39, 0.29) is 5.91 Å². The van der Waals surface area contributed by atoms with Gasteiger partial charge in [-0.25, -0.2) is 0 Å². The van der Waals surface area contributed by atoms with Crippen LogP contribution in [0.1, 0.15) is 35.3 Å². The van der Waals surface area contributed by atoms with Gasteiger partial charge in [0.2, 0.25) is 0 Å². The summed E-state index contributed by atoms with van der Waals surface area (Å²) in [6.07, 6.45) is 5.08. The predicted octanol–water partition coefficient (Wildman–Crippen LogP) is 1.43. The van der Waals surface area contributed by atoms with E-state index >= 15 is 0 Å². The molecule has 1 aliphatic rings. The van der Waals surface area contributed by atoms with Gasteiger partial charge in [-0.15, -0.1) is 0 Å². The van der Waals surface area contributed by atoms with Crippen LogP contribution in [0.15, 0.2) is 12.3 Å². The van der Waals surface area contributed by atoms with Crippen LogP contribution in [-0.2, 0) is 0 Å². The van der Waals surface area contributed by atoms with Gasteiger partial charge in [0, 0.05) is 6.54 Å². The molecule has 0 saturated carbocycles. The maximum Gasteiger partial charge on any atom is 0.253 e. The summed E-state index contributed by atoms with van der Waals surface area (Å²) in [5.41, 5.74) is 7.50. The number of nitrogens with two attached hydrogens (primary N) is 1. The molecule has 110 valence electrons. The number of nitrogens with one attached hydrogen (secondary N) is 1. The second-order valence-electron chi connectivity index (χ2n) is 5.69. The van der Waals surface area contributed by atoms with Crippen LogP contribution < -0.4 is 11.1 Å². The molecule has 0 spiro atoms. The Hall–Kier alpha value is -1.62. The number of hydrogen-bond acceptors (Lipinski definition) is 4. The third kappa shape index (κ3) is 3.93. The SMILES string of the molecule is Cc1ncc(N)cc1C(=O)NCCC1CCN(C)CC1. The molecular formula is C15H24N4O. The zero-order chi connectivity index (χ0) is 14.5. The number of anilines is 1. The fraction of sp³-hybridized carbons (Fsp3) is 0.600. The first-order valence-electron chi connectivity index (χ1n) is 7.25. The van der Waals surface area contributed by atoms with Gasteiger partial charge in [0.25, 0.3) is 5.91 Å². The van der Waals surface area contributed by atoms with Crippen LogP contribution in [-0.4, -0.2) is 42.5 Å². The summed E-state index contributed by atoms with van der Waals surface area (Å²) in [6, 6.07) is 1.69. The number of rotatable bonds is 4. The maximum absolute atomic E-state index is 12.1. The summed E-state index contributed by atoms with van der Waals surface area (Å²) in [4.78, 5) is 18.6. The first kappa shape index (κ1) is 14.8. The molecule has 3 N–H and O–H groups in total. The lowest BCUT2D eigenvalue weighted by molar-refractivity contribution is 0.0948. The van der Waals surface area contributed by atoms with Crippen LogP contribution in [0.3, 0.4) is 0 Å². The molecule has 1 aromatic heterocycles. The summed E-state index contributed by atoms with van der Waals surface area (Å²) < 4.78 is 0. The molecule has 1 aromatic rings. The number of hydrogen-bond donors (Lipinski definition) is 2. The Balaban J connectivity index is 1.79. The zero-order valence-corrected chi connectivity index (χ0v) is 12.4. The summed E-state index contributed by atoms with van der Waals surface area (Å²) in [5, 5.41) is 2.98. The molecule has 20 heavy (non-hydrogen) atoms. The largest absolute Gasteiger partial charge is 0.397 e. The first-order valence-corrected chi connectivity index (χ1v) is 7.25. The highest BCUT2D eigenvalue weighted by molar-refractivity contribution is 5.95. The number of nitrogens with zero attached hydrogens (tertiary/aromatic N) is 2. The number of piperidine rings is 1. The highest BCUT2D eigenvalue weighted by Gasteiger charge is 2.17. The fourth-order valence-electron chi connectivity index (χ4n) is 2.61. The van der Waals surface area contributed by atoms with Gasteiger partial charge in [0.1, 0.15) is 0 Å². The number of amides is 1. The number of carbonyl (C=O) groups is 1. The minimum atomic E-state index is -0.0739. The van der Waals surface area contributed by atoms with Gasteiger partial charge in [0.05, 0.1) is 23.1 Å². The van der Waals surface area contributed by atoms with Crippen molar-refractivity contribution in [2.75, 3.05) is 32.4 Å². The first-order chi connectivity index (χ1) is 9.56. The quantitative estimate of drug-likeness (QED) is 0.873. The molecule has 5 heteroatoms. The van der Waals surface area contributed by atoms with Crippen molar-refractivity contribution < 1.29 is 4.79 Å². The molecular weight excluding hydrogens is 252 g/mol. The van der Waals surface area contributed by atoms with E-state index < -0.39 is 0 Å². The van der Waals surface area contributed by atoms with E-state index in [2.05, 4.69) is 22.2 Å². The smallest absolute Gasteiger partial charge is 0.253 e. The van der Waals surface area contributed by atoms with Crippen molar-refractivity contribution in [2.24, 2.45) is 5.92 Å². The van der Waals surface area contributed by atoms with Gasteiger partial charge in [-0.2, -0.15) is 0 Å². The molecule has 1 amide bonds. The van der Waals surface area contributed by atoms with Gasteiger partial charge in [-0.3, -0.25) is 9.78 Å². The van der Waals surface area contributed by atoms with Crippen molar-refractivity contribution in [1.29, 1.82) is 0 Å². The number of pyridine rings is 1. The van der Waals surface area contributed by atoms with Crippen LogP contribution >= 0.6 is 0 Å². The Labute approximate surface area is 120 Å². The van der Waals surface area contributed by atoms with Gasteiger partial charge in [0.15, 0.2) is 0 Å². The summed E-state index contributed by atoms with van der Waals surface area (Å²) in [6.45, 7) is 4.88. The second-order valence-corrected chi connectivity index (χ2v) is 5.69. The van der Waals surface area contributed by atoms with Crippen molar-refractivity contribution in [3.8, 4) is 0 Å². The predicted molar refractivity (Wildman–Crippen MR) is 80.6 cm³/mol. The molecule has 1 saturated heterocycles. The molecule has 0 bridgehead atoms. The van der Waals surface area contributed by atoms with Crippen LogP contribution in [0.25, 0.3) is 0 Å². The third-order valence-electron chi connectivity index (χ3n) is 4.03. The highest BCUT2D eigenvalue weighted by atomic mass is 16.1. The molecule has 1 fully saturated rings. The van der Waals surface area contributed by atoms with E-state index in [9.17, 15) is 4.79 Å². The Bertz CT molecular complexity index is 467. The summed E-state index contributed by atoms with van der Waals surface area (Å²) >= 11 is 0. The van der Waals surface area contributed by atoms with Crippen molar-refractivity contribution >= 4 is 11.6 Å². The van der Waals surface area contributed by atoms with Gasteiger partial charge < -0.3 is 16.0 Å². The monoisotopic (exact) mass is 276 g/mol. The number of aromatic nitrogens is 1. The van der Waals surface area contributed by atoms with Crippen LogP contribution in [0.2, 0.25) is 0 Å². The normalized spacial score (nSPS) is 17.1. The Morgan fingerprint density at radius 3 is 2.90 bits per heavy atom. The zero-order valence-electron chi connectivity index (χ0n) is 12.4. The van der Waals surface area contributed by atoms with Gasteiger partial charge >= 0.3 is 0 Å². The average molecular weight is 276 g/mol. The lowest BCUT2D eigenvalue weighted by Crippen LogP contribution is -2.33. The Morgan fingerprint density at radius 1 is 1.50 bits per heavy atom. The molecule has 0 radical (unpaired) electrons. The molecule has 0 unspecified atom stereocenters. The molecule has 0 aliphatic carbocycles. The van der Waals surface area contributed by atoms with Gasteiger partial charge in [-0.1, -0.05) is 0 Å². The van der Waals surface area contributed by atoms with E-state index in [0.717, 1.165) is 37.7 Å². The minimum Gasteiger partial charge on any atom is -0.397 e. The van der Waals surface area contributed by atoms with Crippen molar-refractivity contribution in [1.82, 2.24) is 15.2 Å². The molecule has 0 atom stereocenters. The fourth-order valence-corrected chi connectivity index (χ4v) is 2.61. The number of aryl methyl sites for hydroxylation is 1. The van der Waals surface area contributed by atoms with Gasteiger partial charge in [-0.05, 0) is 58.3 Å². The van der Waals surface area contributed by atoms with Crippen LogP contribution in [0, 0.1) is 12.8 Å². The number of carbonyl (C=O) groups excluding carboxylic acids is 1. The standard InChI is InChI=1S/C15H24N4O/c1-11-14(9-13(16)10-18-11)15(20)17-6-3-12-4-7-19(2)8-5-12/h9-10,12H,3-8,16H2,1-2H3,(H,17,20). The van der Waals surface area contributed by atoms with E-state index in [1.165, 1.54) is 12.8 Å². The Kier molecular flexibility index (Phi) is 4.95. The topological polar surface area (TPSA) is 71.2 Å². The van der Waals surface area contributed by atoms with Crippen LogP contribution in [0.4, 0.5) is 5.69 Å². The Morgan fingerprint density at radius 2 is 2.20 bits per heavy atom. The lowest BCUT2D eigenvalue weighted by atomic mass is 9.94. The van der Waals surface area contributed by atoms with E-state index in [4.69, 9.17) is 5.73 Å². The third-order valence-corrected chi connectivity index (χ3v) is 4.03. The number of nitrogen functional groups attached to an aromatic ring is 1. The molecule has 2 rings (SSSR count). The molecule has 1 aliphatic heterocycles. The lowest BCUT2D eigenvalue weighted by Gasteiger charge is -2.28.